The zero-order chi connectivity index (χ0) is 22.0. The zero-order valence-electron chi connectivity index (χ0n) is 18.0. The highest BCUT2D eigenvalue weighted by atomic mass is 16.5. The third kappa shape index (κ3) is 4.08. The van der Waals surface area contributed by atoms with Crippen molar-refractivity contribution in [1.29, 1.82) is 0 Å². The van der Waals surface area contributed by atoms with Gasteiger partial charge in [0.1, 0.15) is 11.5 Å². The van der Waals surface area contributed by atoms with Gasteiger partial charge in [0.25, 0.3) is 5.91 Å². The number of anilines is 1. The lowest BCUT2D eigenvalue weighted by Crippen LogP contribution is -2.14. The van der Waals surface area contributed by atoms with Gasteiger partial charge >= 0.3 is 0 Å². The highest BCUT2D eigenvalue weighted by Gasteiger charge is 2.17. The molecule has 0 aliphatic carbocycles. The van der Waals surface area contributed by atoms with Gasteiger partial charge in [0.2, 0.25) is 0 Å². The molecule has 0 radical (unpaired) electrons. The van der Waals surface area contributed by atoms with Crippen LogP contribution in [0.3, 0.4) is 0 Å². The summed E-state index contributed by atoms with van der Waals surface area (Å²) < 4.78 is 10.7. The first-order valence-corrected chi connectivity index (χ1v) is 10.0. The fourth-order valence-corrected chi connectivity index (χ4v) is 3.60. The highest BCUT2D eigenvalue weighted by Crippen LogP contribution is 2.31. The van der Waals surface area contributed by atoms with E-state index in [0.29, 0.717) is 22.7 Å². The Morgan fingerprint density at radius 3 is 2.48 bits per heavy atom. The van der Waals surface area contributed by atoms with Crippen molar-refractivity contribution in [3.63, 3.8) is 0 Å². The average molecular weight is 412 g/mol. The van der Waals surface area contributed by atoms with E-state index in [1.54, 1.807) is 32.4 Å². The van der Waals surface area contributed by atoms with Gasteiger partial charge < -0.3 is 14.8 Å². The van der Waals surface area contributed by atoms with Gasteiger partial charge in [0.15, 0.2) is 0 Å². The number of pyridine rings is 1. The number of hydrogen-bond donors (Lipinski definition) is 1. The van der Waals surface area contributed by atoms with E-state index in [0.717, 1.165) is 33.3 Å². The third-order valence-electron chi connectivity index (χ3n) is 5.29. The number of methoxy groups -OCH3 is 2. The van der Waals surface area contributed by atoms with Crippen molar-refractivity contribution >= 4 is 22.5 Å². The van der Waals surface area contributed by atoms with Gasteiger partial charge in [-0.15, -0.1) is 0 Å². The number of aromatic nitrogens is 1. The number of rotatable bonds is 5. The van der Waals surface area contributed by atoms with E-state index in [1.807, 2.05) is 44.2 Å². The molecule has 1 aromatic heterocycles. The summed E-state index contributed by atoms with van der Waals surface area (Å²) in [5.41, 5.74) is 5.93. The van der Waals surface area contributed by atoms with Crippen LogP contribution in [0.4, 0.5) is 5.69 Å². The Balaban J connectivity index is 1.81. The first-order valence-electron chi connectivity index (χ1n) is 10.0. The summed E-state index contributed by atoms with van der Waals surface area (Å²) >= 11 is 0. The van der Waals surface area contributed by atoms with E-state index in [-0.39, 0.29) is 5.91 Å². The molecular formula is C26H24N2O3. The SMILES string of the molecule is COc1ccc(NC(=O)c2cc(-c3cc(C)ccc3C)nc3ccccc23)c(OC)c1. The van der Waals surface area contributed by atoms with E-state index in [1.165, 1.54) is 0 Å². The maximum Gasteiger partial charge on any atom is 0.256 e. The summed E-state index contributed by atoms with van der Waals surface area (Å²) in [6.45, 7) is 4.10. The standard InChI is InChI=1S/C26H24N2O3/c1-16-9-10-17(2)20(13-16)24-15-21(19-7-5-6-8-22(19)27-24)26(29)28-23-12-11-18(30-3)14-25(23)31-4/h5-15H,1-4H3,(H,28,29). The minimum atomic E-state index is -0.228. The van der Waals surface area contributed by atoms with E-state index < -0.39 is 0 Å². The van der Waals surface area contributed by atoms with Crippen LogP contribution in [0.15, 0.2) is 66.7 Å². The normalized spacial score (nSPS) is 10.7. The predicted molar refractivity (Wildman–Crippen MR) is 124 cm³/mol. The predicted octanol–water partition coefficient (Wildman–Crippen LogP) is 5.79. The van der Waals surface area contributed by atoms with E-state index in [2.05, 4.69) is 23.5 Å². The number of amides is 1. The van der Waals surface area contributed by atoms with Crippen molar-refractivity contribution in [2.75, 3.05) is 19.5 Å². The van der Waals surface area contributed by atoms with Crippen LogP contribution in [0.1, 0.15) is 21.5 Å². The Morgan fingerprint density at radius 2 is 1.71 bits per heavy atom. The maximum absolute atomic E-state index is 13.4. The number of nitrogens with zero attached hydrogens (tertiary/aromatic N) is 1. The van der Waals surface area contributed by atoms with Gasteiger partial charge in [0.05, 0.1) is 36.7 Å². The molecule has 5 heteroatoms. The zero-order valence-corrected chi connectivity index (χ0v) is 18.0. The molecule has 0 unspecified atom stereocenters. The second kappa shape index (κ2) is 8.48. The number of carbonyl (C=O) groups is 1. The fraction of sp³-hybridized carbons (Fsp3) is 0.154. The minimum absolute atomic E-state index is 0.228. The monoisotopic (exact) mass is 412 g/mol. The summed E-state index contributed by atoms with van der Waals surface area (Å²) in [5.74, 6) is 0.954. The smallest absolute Gasteiger partial charge is 0.256 e. The number of hydrogen-bond acceptors (Lipinski definition) is 4. The molecular weight excluding hydrogens is 388 g/mol. The lowest BCUT2D eigenvalue weighted by Gasteiger charge is -2.14. The Bertz CT molecular complexity index is 1280. The molecule has 4 aromatic rings. The summed E-state index contributed by atoms with van der Waals surface area (Å²) in [4.78, 5) is 18.2. The Labute approximate surface area is 181 Å². The molecule has 0 aliphatic heterocycles. The summed E-state index contributed by atoms with van der Waals surface area (Å²) in [5, 5.41) is 3.77. The molecule has 0 fully saturated rings. The van der Waals surface area contributed by atoms with Gasteiger partial charge in [0, 0.05) is 17.0 Å². The highest BCUT2D eigenvalue weighted by molar-refractivity contribution is 6.13. The molecule has 3 aromatic carbocycles. The van der Waals surface area contributed by atoms with E-state index in [9.17, 15) is 4.79 Å². The third-order valence-corrected chi connectivity index (χ3v) is 5.29. The van der Waals surface area contributed by atoms with Crippen molar-refractivity contribution in [1.82, 2.24) is 4.98 Å². The molecule has 0 saturated heterocycles. The molecule has 0 bridgehead atoms. The number of benzene rings is 3. The van der Waals surface area contributed by atoms with Gasteiger partial charge in [-0.1, -0.05) is 35.9 Å². The van der Waals surface area contributed by atoms with Crippen molar-refractivity contribution < 1.29 is 14.3 Å². The largest absolute Gasteiger partial charge is 0.497 e. The van der Waals surface area contributed by atoms with Gasteiger partial charge in [-0.05, 0) is 49.7 Å². The molecule has 0 atom stereocenters. The van der Waals surface area contributed by atoms with Gasteiger partial charge in [-0.25, -0.2) is 4.98 Å². The van der Waals surface area contributed by atoms with Crippen molar-refractivity contribution in [3.8, 4) is 22.8 Å². The topological polar surface area (TPSA) is 60.5 Å². The maximum atomic E-state index is 13.4. The molecule has 31 heavy (non-hydrogen) atoms. The number of ether oxygens (including phenoxy) is 2. The Kier molecular flexibility index (Phi) is 5.58. The van der Waals surface area contributed by atoms with Crippen LogP contribution >= 0.6 is 0 Å². The molecule has 5 nitrogen and oxygen atoms in total. The lowest BCUT2D eigenvalue weighted by atomic mass is 9.99. The summed E-state index contributed by atoms with van der Waals surface area (Å²) in [7, 11) is 3.15. The number of nitrogens with one attached hydrogen (secondary N) is 1. The second-order valence-corrected chi connectivity index (χ2v) is 7.41. The van der Waals surface area contributed by atoms with Crippen molar-refractivity contribution in [2.24, 2.45) is 0 Å². The van der Waals surface area contributed by atoms with E-state index >= 15 is 0 Å². The van der Waals surface area contributed by atoms with Crippen molar-refractivity contribution in [2.45, 2.75) is 13.8 Å². The van der Waals surface area contributed by atoms with Crippen LogP contribution in [0.25, 0.3) is 22.2 Å². The van der Waals surface area contributed by atoms with Crippen LogP contribution in [-0.2, 0) is 0 Å². The van der Waals surface area contributed by atoms with Gasteiger partial charge in [-0.3, -0.25) is 4.79 Å². The first-order chi connectivity index (χ1) is 15.0. The van der Waals surface area contributed by atoms with Gasteiger partial charge in [-0.2, -0.15) is 0 Å². The number of carbonyl (C=O) groups excluding carboxylic acids is 1. The van der Waals surface area contributed by atoms with E-state index in [4.69, 9.17) is 14.5 Å². The minimum Gasteiger partial charge on any atom is -0.497 e. The van der Waals surface area contributed by atoms with Crippen LogP contribution in [-0.4, -0.2) is 25.1 Å². The summed E-state index contributed by atoms with van der Waals surface area (Å²) in [6.07, 6.45) is 0. The Morgan fingerprint density at radius 1 is 0.903 bits per heavy atom. The summed E-state index contributed by atoms with van der Waals surface area (Å²) in [6, 6.07) is 21.1. The second-order valence-electron chi connectivity index (χ2n) is 7.41. The number of para-hydroxylation sites is 1. The molecule has 1 N–H and O–H groups in total. The van der Waals surface area contributed by atoms with Crippen molar-refractivity contribution in [3.05, 3.63) is 83.4 Å². The van der Waals surface area contributed by atoms with Crippen LogP contribution < -0.4 is 14.8 Å². The number of aryl methyl sites for hydroxylation is 2. The lowest BCUT2D eigenvalue weighted by molar-refractivity contribution is 0.102. The van der Waals surface area contributed by atoms with Crippen LogP contribution in [0.5, 0.6) is 11.5 Å². The first kappa shape index (κ1) is 20.4. The van der Waals surface area contributed by atoms with Crippen LogP contribution in [0.2, 0.25) is 0 Å². The molecule has 1 amide bonds. The average Bonchev–Trinajstić information content (AvgIpc) is 2.80. The quantitative estimate of drug-likeness (QED) is 0.451. The molecule has 156 valence electrons. The molecule has 1 heterocycles. The van der Waals surface area contributed by atoms with Crippen LogP contribution in [0, 0.1) is 13.8 Å². The fourth-order valence-electron chi connectivity index (χ4n) is 3.60. The molecule has 0 spiro atoms. The molecule has 0 saturated carbocycles. The molecule has 0 aliphatic rings. The number of fused-ring (bicyclic) bond motifs is 1. The molecule has 4 rings (SSSR count). The Hall–Kier alpha value is -3.86.